The fourth-order valence-electron chi connectivity index (χ4n) is 2.45. The van der Waals surface area contributed by atoms with Gasteiger partial charge in [-0.15, -0.1) is 0 Å². The predicted molar refractivity (Wildman–Crippen MR) is 102 cm³/mol. The molecule has 0 fully saturated rings. The molecule has 1 N–H and O–H groups in total. The number of hydrogen-bond donors (Lipinski definition) is 1. The highest BCUT2D eigenvalue weighted by atomic mass is 35.5. The minimum atomic E-state index is -3.64. The monoisotopic (exact) mass is 396 g/mol. The van der Waals surface area contributed by atoms with Crippen molar-refractivity contribution in [3.63, 3.8) is 0 Å². The number of nitrogens with zero attached hydrogens (tertiary/aromatic N) is 1. The quantitative estimate of drug-likeness (QED) is 0.780. The second-order valence-electron chi connectivity index (χ2n) is 5.70. The number of carbonyl (C=O) groups excluding carboxylic acids is 1. The summed E-state index contributed by atoms with van der Waals surface area (Å²) in [6.07, 6.45) is 0. The van der Waals surface area contributed by atoms with Crippen molar-refractivity contribution in [1.82, 2.24) is 4.72 Å². The van der Waals surface area contributed by atoms with Gasteiger partial charge < -0.3 is 9.64 Å². The Morgan fingerprint density at radius 3 is 2.54 bits per heavy atom. The van der Waals surface area contributed by atoms with E-state index in [1.807, 2.05) is 13.0 Å². The van der Waals surface area contributed by atoms with Crippen molar-refractivity contribution >= 4 is 33.2 Å². The molecular formula is C18H21ClN2O4S. The first-order valence-electron chi connectivity index (χ1n) is 7.92. The van der Waals surface area contributed by atoms with Gasteiger partial charge in [0, 0.05) is 25.7 Å². The Labute approximate surface area is 158 Å². The maximum absolute atomic E-state index is 12.4. The molecule has 0 radical (unpaired) electrons. The zero-order valence-corrected chi connectivity index (χ0v) is 16.4. The summed E-state index contributed by atoms with van der Waals surface area (Å²) in [6.45, 7) is 3.47. The van der Waals surface area contributed by atoms with Crippen LogP contribution in [0.25, 0.3) is 0 Å². The number of halogens is 1. The lowest BCUT2D eigenvalue weighted by atomic mass is 10.2. The molecule has 0 aliphatic carbocycles. The SMILES string of the molecule is COc1ccc(N(CCNS(=O)(=O)c2cccc(C)c2)C(C)=O)cc1Cl. The van der Waals surface area contributed by atoms with Crippen LogP contribution in [0.15, 0.2) is 47.4 Å². The summed E-state index contributed by atoms with van der Waals surface area (Å²) in [4.78, 5) is 13.6. The number of rotatable bonds is 7. The highest BCUT2D eigenvalue weighted by Crippen LogP contribution is 2.29. The van der Waals surface area contributed by atoms with Crippen molar-refractivity contribution in [2.75, 3.05) is 25.1 Å². The molecule has 0 heterocycles. The molecule has 0 atom stereocenters. The number of nitrogens with one attached hydrogen (secondary N) is 1. The summed E-state index contributed by atoms with van der Waals surface area (Å²) < 4.78 is 32.3. The van der Waals surface area contributed by atoms with Gasteiger partial charge in [-0.05, 0) is 42.8 Å². The smallest absolute Gasteiger partial charge is 0.240 e. The molecule has 140 valence electrons. The first-order chi connectivity index (χ1) is 12.2. The van der Waals surface area contributed by atoms with Crippen LogP contribution in [0.3, 0.4) is 0 Å². The van der Waals surface area contributed by atoms with Gasteiger partial charge in [0.1, 0.15) is 5.75 Å². The van der Waals surface area contributed by atoms with Gasteiger partial charge in [-0.1, -0.05) is 23.7 Å². The molecule has 2 aromatic carbocycles. The standard InChI is InChI=1S/C18H21ClN2O4S/c1-13-5-4-6-16(11-13)26(23,24)20-9-10-21(14(2)22)15-7-8-18(25-3)17(19)12-15/h4-8,11-12,20H,9-10H2,1-3H3. The number of benzene rings is 2. The second kappa shape index (κ2) is 8.53. The molecule has 1 amide bonds. The van der Waals surface area contributed by atoms with Gasteiger partial charge in [0.2, 0.25) is 15.9 Å². The third kappa shape index (κ3) is 4.97. The van der Waals surface area contributed by atoms with Crippen LogP contribution >= 0.6 is 11.6 Å². The summed E-state index contributed by atoms with van der Waals surface area (Å²) in [6, 6.07) is 11.6. The number of hydrogen-bond acceptors (Lipinski definition) is 4. The molecular weight excluding hydrogens is 376 g/mol. The van der Waals surface area contributed by atoms with E-state index < -0.39 is 10.0 Å². The zero-order valence-electron chi connectivity index (χ0n) is 14.8. The number of aryl methyl sites for hydroxylation is 1. The van der Waals surface area contributed by atoms with Crippen molar-refractivity contribution < 1.29 is 17.9 Å². The highest BCUT2D eigenvalue weighted by molar-refractivity contribution is 7.89. The molecule has 0 aliphatic heterocycles. The van der Waals surface area contributed by atoms with E-state index in [1.54, 1.807) is 30.3 Å². The van der Waals surface area contributed by atoms with Crippen LogP contribution in [0.5, 0.6) is 5.75 Å². The van der Waals surface area contributed by atoms with E-state index in [2.05, 4.69) is 4.72 Å². The van der Waals surface area contributed by atoms with Crippen LogP contribution in [0.4, 0.5) is 5.69 Å². The van der Waals surface area contributed by atoms with Gasteiger partial charge in [0.25, 0.3) is 0 Å². The van der Waals surface area contributed by atoms with E-state index in [0.29, 0.717) is 16.5 Å². The fraction of sp³-hybridized carbons (Fsp3) is 0.278. The normalized spacial score (nSPS) is 11.2. The van der Waals surface area contributed by atoms with Gasteiger partial charge >= 0.3 is 0 Å². The summed E-state index contributed by atoms with van der Waals surface area (Å²) in [7, 11) is -2.14. The number of anilines is 1. The summed E-state index contributed by atoms with van der Waals surface area (Å²) in [5.74, 6) is 0.278. The maximum Gasteiger partial charge on any atom is 0.240 e. The molecule has 8 heteroatoms. The van der Waals surface area contributed by atoms with Gasteiger partial charge in [0.15, 0.2) is 0 Å². The van der Waals surface area contributed by atoms with Crippen molar-refractivity contribution in [1.29, 1.82) is 0 Å². The molecule has 0 aliphatic rings. The number of ether oxygens (including phenoxy) is 1. The third-order valence-corrected chi connectivity index (χ3v) is 5.51. The van der Waals surface area contributed by atoms with E-state index >= 15 is 0 Å². The number of amides is 1. The van der Waals surface area contributed by atoms with Crippen LogP contribution in [0.1, 0.15) is 12.5 Å². The molecule has 0 bridgehead atoms. The lowest BCUT2D eigenvalue weighted by molar-refractivity contribution is -0.116. The molecule has 0 aromatic heterocycles. The molecule has 0 spiro atoms. The molecule has 0 saturated carbocycles. The number of sulfonamides is 1. The first-order valence-corrected chi connectivity index (χ1v) is 9.78. The van der Waals surface area contributed by atoms with Crippen LogP contribution in [0.2, 0.25) is 5.02 Å². The minimum Gasteiger partial charge on any atom is -0.495 e. The zero-order chi connectivity index (χ0) is 19.3. The molecule has 0 unspecified atom stereocenters. The molecule has 6 nitrogen and oxygen atoms in total. The lowest BCUT2D eigenvalue weighted by Gasteiger charge is -2.22. The van der Waals surface area contributed by atoms with Crippen LogP contribution in [-0.4, -0.2) is 34.5 Å². The minimum absolute atomic E-state index is 0.0690. The number of carbonyl (C=O) groups is 1. The van der Waals surface area contributed by atoms with Gasteiger partial charge in [-0.3, -0.25) is 4.79 Å². The Balaban J connectivity index is 2.10. The molecule has 0 saturated heterocycles. The van der Waals surface area contributed by atoms with Crippen molar-refractivity contribution in [2.45, 2.75) is 18.7 Å². The summed E-state index contributed by atoms with van der Waals surface area (Å²) >= 11 is 6.11. The van der Waals surface area contributed by atoms with Gasteiger partial charge in [-0.25, -0.2) is 13.1 Å². The largest absolute Gasteiger partial charge is 0.495 e. The van der Waals surface area contributed by atoms with Crippen molar-refractivity contribution in [2.24, 2.45) is 0 Å². The molecule has 2 rings (SSSR count). The van der Waals surface area contributed by atoms with E-state index in [1.165, 1.54) is 25.0 Å². The van der Waals surface area contributed by atoms with Gasteiger partial charge in [0.05, 0.1) is 17.0 Å². The molecule has 26 heavy (non-hydrogen) atoms. The van der Waals surface area contributed by atoms with E-state index in [-0.39, 0.29) is 23.9 Å². The Morgan fingerprint density at radius 2 is 1.96 bits per heavy atom. The maximum atomic E-state index is 12.4. The lowest BCUT2D eigenvalue weighted by Crippen LogP contribution is -2.37. The predicted octanol–water partition coefficient (Wildman–Crippen LogP) is 2.99. The fourth-order valence-corrected chi connectivity index (χ4v) is 3.83. The Kier molecular flexibility index (Phi) is 6.63. The second-order valence-corrected chi connectivity index (χ2v) is 7.88. The van der Waals surface area contributed by atoms with Crippen LogP contribution in [0, 0.1) is 6.92 Å². The van der Waals surface area contributed by atoms with Crippen molar-refractivity contribution in [3.05, 3.63) is 53.1 Å². The van der Waals surface area contributed by atoms with E-state index in [0.717, 1.165) is 5.56 Å². The van der Waals surface area contributed by atoms with E-state index in [4.69, 9.17) is 16.3 Å². The summed E-state index contributed by atoms with van der Waals surface area (Å²) in [5, 5.41) is 0.372. The third-order valence-electron chi connectivity index (χ3n) is 3.75. The molecule has 2 aromatic rings. The topological polar surface area (TPSA) is 75.7 Å². The number of methoxy groups -OCH3 is 1. The highest BCUT2D eigenvalue weighted by Gasteiger charge is 2.17. The Hall–Kier alpha value is -2.09. The van der Waals surface area contributed by atoms with Crippen LogP contribution < -0.4 is 14.4 Å². The van der Waals surface area contributed by atoms with Crippen LogP contribution in [-0.2, 0) is 14.8 Å². The first kappa shape index (κ1) is 20.2. The van der Waals surface area contributed by atoms with Gasteiger partial charge in [-0.2, -0.15) is 0 Å². The Morgan fingerprint density at radius 1 is 1.23 bits per heavy atom. The Bertz CT molecular complexity index is 900. The van der Waals surface area contributed by atoms with Crippen molar-refractivity contribution in [3.8, 4) is 5.75 Å². The summed E-state index contributed by atoms with van der Waals surface area (Å²) in [5.41, 5.74) is 1.42. The average Bonchev–Trinajstić information content (AvgIpc) is 2.58. The van der Waals surface area contributed by atoms with E-state index in [9.17, 15) is 13.2 Å². The average molecular weight is 397 g/mol.